The second-order valence-corrected chi connectivity index (χ2v) is 5.35. The third kappa shape index (κ3) is 4.19. The van der Waals surface area contributed by atoms with Gasteiger partial charge in [-0.05, 0) is 57.7 Å². The fourth-order valence-corrected chi connectivity index (χ4v) is 2.40. The molecule has 1 aromatic heterocycles. The first-order chi connectivity index (χ1) is 8.06. The Hall–Kier alpha value is -0.760. The Kier molecular flexibility index (Phi) is 5.76. The molecule has 0 aliphatic heterocycles. The van der Waals surface area contributed by atoms with Crippen molar-refractivity contribution in [3.8, 4) is 0 Å². The van der Waals surface area contributed by atoms with Crippen molar-refractivity contribution in [2.75, 3.05) is 6.54 Å². The second-order valence-electron chi connectivity index (χ2n) is 5.35. The first-order valence-electron chi connectivity index (χ1n) is 6.92. The molecular weight excluding hydrogens is 208 g/mol. The number of aromatic nitrogens is 1. The first kappa shape index (κ1) is 14.3. The summed E-state index contributed by atoms with van der Waals surface area (Å²) >= 11 is 0. The zero-order chi connectivity index (χ0) is 12.8. The molecule has 0 radical (unpaired) electrons. The molecule has 1 heterocycles. The molecular formula is C15H28N2. The Morgan fingerprint density at radius 3 is 2.53 bits per heavy atom. The van der Waals surface area contributed by atoms with Crippen molar-refractivity contribution in [2.45, 2.75) is 60.5 Å². The Morgan fingerprint density at radius 1 is 1.29 bits per heavy atom. The van der Waals surface area contributed by atoms with Crippen LogP contribution in [0, 0.1) is 19.8 Å². The van der Waals surface area contributed by atoms with Crippen LogP contribution in [-0.2, 0) is 13.1 Å². The predicted octanol–water partition coefficient (Wildman–Crippen LogP) is 3.65. The van der Waals surface area contributed by atoms with Crippen LogP contribution >= 0.6 is 0 Å². The Bertz CT molecular complexity index is 337. The SMILES string of the molecule is CCn1c(C)cc(CNCCCC(C)C)c1C. The van der Waals surface area contributed by atoms with Crippen LogP contribution in [0.5, 0.6) is 0 Å². The average molecular weight is 236 g/mol. The molecule has 1 aromatic rings. The lowest BCUT2D eigenvalue weighted by molar-refractivity contribution is 0.527. The van der Waals surface area contributed by atoms with Crippen molar-refractivity contribution < 1.29 is 0 Å². The highest BCUT2D eigenvalue weighted by atomic mass is 15.0. The lowest BCUT2D eigenvalue weighted by atomic mass is 10.1. The molecule has 0 saturated heterocycles. The summed E-state index contributed by atoms with van der Waals surface area (Å²) in [6.45, 7) is 14.4. The molecule has 0 fully saturated rings. The average Bonchev–Trinajstić information content (AvgIpc) is 2.53. The van der Waals surface area contributed by atoms with Gasteiger partial charge in [-0.15, -0.1) is 0 Å². The van der Waals surface area contributed by atoms with E-state index >= 15 is 0 Å². The van der Waals surface area contributed by atoms with Crippen molar-refractivity contribution in [2.24, 2.45) is 5.92 Å². The highest BCUT2D eigenvalue weighted by Gasteiger charge is 2.06. The maximum Gasteiger partial charge on any atom is 0.0223 e. The van der Waals surface area contributed by atoms with Gasteiger partial charge >= 0.3 is 0 Å². The van der Waals surface area contributed by atoms with Gasteiger partial charge in [-0.25, -0.2) is 0 Å². The first-order valence-corrected chi connectivity index (χ1v) is 6.92. The molecule has 98 valence electrons. The molecule has 1 rings (SSSR count). The molecule has 2 heteroatoms. The van der Waals surface area contributed by atoms with Gasteiger partial charge < -0.3 is 9.88 Å². The van der Waals surface area contributed by atoms with Crippen LogP contribution in [0.15, 0.2) is 6.07 Å². The lowest BCUT2D eigenvalue weighted by Gasteiger charge is -2.08. The van der Waals surface area contributed by atoms with E-state index in [1.807, 2.05) is 0 Å². The topological polar surface area (TPSA) is 17.0 Å². The summed E-state index contributed by atoms with van der Waals surface area (Å²) in [6.07, 6.45) is 2.60. The van der Waals surface area contributed by atoms with E-state index in [2.05, 4.69) is 50.6 Å². The Labute approximate surface area is 106 Å². The summed E-state index contributed by atoms with van der Waals surface area (Å²) in [6, 6.07) is 2.31. The van der Waals surface area contributed by atoms with Crippen molar-refractivity contribution in [3.63, 3.8) is 0 Å². The number of nitrogens with one attached hydrogen (secondary N) is 1. The summed E-state index contributed by atoms with van der Waals surface area (Å²) in [5, 5.41) is 3.55. The van der Waals surface area contributed by atoms with Crippen molar-refractivity contribution in [1.82, 2.24) is 9.88 Å². The zero-order valence-corrected chi connectivity index (χ0v) is 12.1. The van der Waals surface area contributed by atoms with Gasteiger partial charge in [-0.3, -0.25) is 0 Å². The van der Waals surface area contributed by atoms with Crippen LogP contribution in [0.3, 0.4) is 0 Å². The van der Waals surface area contributed by atoms with Gasteiger partial charge in [-0.2, -0.15) is 0 Å². The van der Waals surface area contributed by atoms with Gasteiger partial charge in [0, 0.05) is 24.5 Å². The van der Waals surface area contributed by atoms with Crippen molar-refractivity contribution in [3.05, 3.63) is 23.0 Å². The summed E-state index contributed by atoms with van der Waals surface area (Å²) in [5.41, 5.74) is 4.25. The molecule has 0 atom stereocenters. The van der Waals surface area contributed by atoms with Crippen molar-refractivity contribution in [1.29, 1.82) is 0 Å². The van der Waals surface area contributed by atoms with Crippen LogP contribution in [-0.4, -0.2) is 11.1 Å². The minimum atomic E-state index is 0.821. The third-order valence-electron chi connectivity index (χ3n) is 3.45. The van der Waals surface area contributed by atoms with E-state index in [-0.39, 0.29) is 0 Å². The minimum absolute atomic E-state index is 0.821. The van der Waals surface area contributed by atoms with Gasteiger partial charge in [-0.1, -0.05) is 13.8 Å². The van der Waals surface area contributed by atoms with Crippen LogP contribution in [0.2, 0.25) is 0 Å². The van der Waals surface area contributed by atoms with Crippen LogP contribution in [0.4, 0.5) is 0 Å². The number of rotatable bonds is 7. The van der Waals surface area contributed by atoms with E-state index in [4.69, 9.17) is 0 Å². The highest BCUT2D eigenvalue weighted by molar-refractivity contribution is 5.26. The van der Waals surface area contributed by atoms with Crippen LogP contribution in [0.1, 0.15) is 50.6 Å². The van der Waals surface area contributed by atoms with Gasteiger partial charge in [0.1, 0.15) is 0 Å². The van der Waals surface area contributed by atoms with E-state index in [0.717, 1.165) is 25.6 Å². The zero-order valence-electron chi connectivity index (χ0n) is 12.1. The minimum Gasteiger partial charge on any atom is -0.349 e. The summed E-state index contributed by atoms with van der Waals surface area (Å²) < 4.78 is 2.38. The van der Waals surface area contributed by atoms with E-state index in [0.29, 0.717) is 0 Å². The van der Waals surface area contributed by atoms with E-state index in [1.165, 1.54) is 29.8 Å². The smallest absolute Gasteiger partial charge is 0.0223 e. The van der Waals surface area contributed by atoms with Crippen LogP contribution in [0.25, 0.3) is 0 Å². The van der Waals surface area contributed by atoms with Gasteiger partial charge in [0.05, 0.1) is 0 Å². The number of nitrogens with zero attached hydrogens (tertiary/aromatic N) is 1. The number of hydrogen-bond acceptors (Lipinski definition) is 1. The standard InChI is InChI=1S/C15H28N2/c1-6-17-13(4)10-15(14(17)5)11-16-9-7-8-12(2)3/h10,12,16H,6-9,11H2,1-5H3. The largest absolute Gasteiger partial charge is 0.349 e. The van der Waals surface area contributed by atoms with E-state index in [9.17, 15) is 0 Å². The van der Waals surface area contributed by atoms with Gasteiger partial charge in [0.2, 0.25) is 0 Å². The third-order valence-corrected chi connectivity index (χ3v) is 3.45. The maximum atomic E-state index is 3.55. The predicted molar refractivity (Wildman–Crippen MR) is 75.4 cm³/mol. The molecule has 1 N–H and O–H groups in total. The molecule has 0 bridgehead atoms. The van der Waals surface area contributed by atoms with Crippen LogP contribution < -0.4 is 5.32 Å². The maximum absolute atomic E-state index is 3.55. The molecule has 0 spiro atoms. The molecule has 0 unspecified atom stereocenters. The normalized spacial score (nSPS) is 11.4. The number of hydrogen-bond donors (Lipinski definition) is 1. The monoisotopic (exact) mass is 236 g/mol. The van der Waals surface area contributed by atoms with E-state index < -0.39 is 0 Å². The Morgan fingerprint density at radius 2 is 2.00 bits per heavy atom. The summed E-state index contributed by atoms with van der Waals surface area (Å²) in [5.74, 6) is 0.821. The van der Waals surface area contributed by atoms with E-state index in [1.54, 1.807) is 0 Å². The molecule has 17 heavy (non-hydrogen) atoms. The molecule has 0 aliphatic rings. The fraction of sp³-hybridized carbons (Fsp3) is 0.733. The highest BCUT2D eigenvalue weighted by Crippen LogP contribution is 2.14. The number of aryl methyl sites for hydroxylation is 1. The van der Waals surface area contributed by atoms with Gasteiger partial charge in [0.15, 0.2) is 0 Å². The molecule has 0 aliphatic carbocycles. The quantitative estimate of drug-likeness (QED) is 0.715. The lowest BCUT2D eigenvalue weighted by Crippen LogP contribution is -2.15. The second kappa shape index (κ2) is 6.85. The summed E-state index contributed by atoms with van der Waals surface area (Å²) in [4.78, 5) is 0. The molecule has 0 amide bonds. The fourth-order valence-electron chi connectivity index (χ4n) is 2.40. The molecule has 2 nitrogen and oxygen atoms in total. The summed E-state index contributed by atoms with van der Waals surface area (Å²) in [7, 11) is 0. The Balaban J connectivity index is 2.37. The molecule has 0 saturated carbocycles. The van der Waals surface area contributed by atoms with Gasteiger partial charge in [0.25, 0.3) is 0 Å². The molecule has 0 aromatic carbocycles. The van der Waals surface area contributed by atoms with Crippen molar-refractivity contribution >= 4 is 0 Å².